The SMILES string of the molecule is CN(CC1=CCNC=C1)C1CCC(Nc2ncnc3sc4c(c23)CCC4)CC1. The van der Waals surface area contributed by atoms with Crippen molar-refractivity contribution >= 4 is 27.4 Å². The number of dihydropyridines is 1. The van der Waals surface area contributed by atoms with E-state index >= 15 is 0 Å². The molecule has 1 saturated carbocycles. The van der Waals surface area contributed by atoms with E-state index < -0.39 is 0 Å². The van der Waals surface area contributed by atoms with Gasteiger partial charge in [0.15, 0.2) is 0 Å². The van der Waals surface area contributed by atoms with E-state index in [1.54, 1.807) is 6.33 Å². The molecule has 0 radical (unpaired) electrons. The Hall–Kier alpha value is -1.92. The fourth-order valence-corrected chi connectivity index (χ4v) is 6.15. The number of anilines is 1. The van der Waals surface area contributed by atoms with Gasteiger partial charge in [0.2, 0.25) is 0 Å². The van der Waals surface area contributed by atoms with Crippen molar-refractivity contribution in [2.45, 2.75) is 57.0 Å². The molecule has 2 aromatic rings. The van der Waals surface area contributed by atoms with Crippen molar-refractivity contribution in [3.05, 3.63) is 40.7 Å². The molecule has 0 aromatic carbocycles. The largest absolute Gasteiger partial charge is 0.387 e. The third kappa shape index (κ3) is 3.55. The second kappa shape index (κ2) is 7.84. The third-order valence-electron chi connectivity index (χ3n) is 6.49. The monoisotopic (exact) mass is 395 g/mol. The fourth-order valence-electron chi connectivity index (χ4n) is 4.92. The van der Waals surface area contributed by atoms with Gasteiger partial charge in [0.25, 0.3) is 0 Å². The summed E-state index contributed by atoms with van der Waals surface area (Å²) in [5.41, 5.74) is 2.94. The molecule has 2 N–H and O–H groups in total. The maximum atomic E-state index is 4.64. The Bertz CT molecular complexity index is 907. The van der Waals surface area contributed by atoms with Crippen molar-refractivity contribution in [1.82, 2.24) is 20.2 Å². The molecule has 0 atom stereocenters. The number of nitrogens with zero attached hydrogens (tertiary/aromatic N) is 3. The molecule has 0 bridgehead atoms. The van der Waals surface area contributed by atoms with E-state index in [1.807, 2.05) is 11.3 Å². The molecule has 2 aliphatic carbocycles. The van der Waals surface area contributed by atoms with Gasteiger partial charge in [-0.15, -0.1) is 11.3 Å². The zero-order valence-electron chi connectivity index (χ0n) is 16.6. The number of hydrogen-bond donors (Lipinski definition) is 2. The van der Waals surface area contributed by atoms with Crippen LogP contribution < -0.4 is 10.6 Å². The van der Waals surface area contributed by atoms with Gasteiger partial charge in [0.05, 0.1) is 5.39 Å². The summed E-state index contributed by atoms with van der Waals surface area (Å²) in [6, 6.07) is 1.20. The molecule has 148 valence electrons. The number of fused-ring (bicyclic) bond motifs is 3. The molecule has 6 heteroatoms. The summed E-state index contributed by atoms with van der Waals surface area (Å²) in [7, 11) is 2.28. The number of likely N-dealkylation sites (N-methyl/N-ethyl adjacent to an activating group) is 1. The van der Waals surface area contributed by atoms with Crippen LogP contribution in [0.15, 0.2) is 30.3 Å². The van der Waals surface area contributed by atoms with Gasteiger partial charge in [0.1, 0.15) is 17.0 Å². The Balaban J connectivity index is 1.22. The average Bonchev–Trinajstić information content (AvgIpc) is 3.31. The van der Waals surface area contributed by atoms with Crippen molar-refractivity contribution in [2.24, 2.45) is 0 Å². The lowest BCUT2D eigenvalue weighted by atomic mass is 9.90. The molecule has 0 amide bonds. The van der Waals surface area contributed by atoms with E-state index in [-0.39, 0.29) is 0 Å². The van der Waals surface area contributed by atoms with Gasteiger partial charge in [-0.2, -0.15) is 0 Å². The van der Waals surface area contributed by atoms with Crippen LogP contribution in [0, 0.1) is 0 Å². The van der Waals surface area contributed by atoms with Crippen LogP contribution in [0.2, 0.25) is 0 Å². The average molecular weight is 396 g/mol. The van der Waals surface area contributed by atoms with Crippen LogP contribution in [0.25, 0.3) is 10.2 Å². The maximum absolute atomic E-state index is 4.64. The second-order valence-electron chi connectivity index (χ2n) is 8.35. The van der Waals surface area contributed by atoms with Gasteiger partial charge >= 0.3 is 0 Å². The molecule has 1 aliphatic heterocycles. The van der Waals surface area contributed by atoms with E-state index in [4.69, 9.17) is 0 Å². The number of hydrogen-bond acceptors (Lipinski definition) is 6. The molecule has 0 unspecified atom stereocenters. The molecule has 0 saturated heterocycles. The van der Waals surface area contributed by atoms with Gasteiger partial charge in [-0.1, -0.05) is 6.08 Å². The molecule has 5 rings (SSSR count). The van der Waals surface area contributed by atoms with Gasteiger partial charge in [-0.25, -0.2) is 9.97 Å². The van der Waals surface area contributed by atoms with Crippen LogP contribution in [0.4, 0.5) is 5.82 Å². The first-order chi connectivity index (χ1) is 13.8. The van der Waals surface area contributed by atoms with E-state index in [2.05, 4.69) is 50.9 Å². The van der Waals surface area contributed by atoms with Gasteiger partial charge in [0, 0.05) is 30.1 Å². The van der Waals surface area contributed by atoms with Crippen LogP contribution in [0.1, 0.15) is 42.5 Å². The summed E-state index contributed by atoms with van der Waals surface area (Å²) in [6.07, 6.45) is 16.9. The van der Waals surface area contributed by atoms with E-state index in [0.29, 0.717) is 12.1 Å². The zero-order chi connectivity index (χ0) is 18.9. The standard InChI is InChI=1S/C22H29N5S/c1-27(13-15-9-11-23-12-10-15)17-7-5-16(6-8-17)26-21-20-18-3-2-4-19(18)28-22(20)25-14-24-21/h9-11,14,16-17,23H,2-8,12-13H2,1H3,(H,24,25,26). The predicted octanol–water partition coefficient (Wildman–Crippen LogP) is 3.88. The quantitative estimate of drug-likeness (QED) is 0.805. The van der Waals surface area contributed by atoms with Gasteiger partial charge in [-0.05, 0) is 75.4 Å². The summed E-state index contributed by atoms with van der Waals surface area (Å²) in [4.78, 5) is 14.4. The van der Waals surface area contributed by atoms with Crippen molar-refractivity contribution in [2.75, 3.05) is 25.5 Å². The Morgan fingerprint density at radius 1 is 1.21 bits per heavy atom. The highest BCUT2D eigenvalue weighted by Gasteiger charge is 2.26. The minimum absolute atomic E-state index is 0.526. The highest BCUT2D eigenvalue weighted by atomic mass is 32.1. The van der Waals surface area contributed by atoms with E-state index in [0.717, 1.165) is 18.9 Å². The minimum Gasteiger partial charge on any atom is -0.387 e. The molecule has 1 fully saturated rings. The second-order valence-corrected chi connectivity index (χ2v) is 9.43. The van der Waals surface area contributed by atoms with Gasteiger partial charge in [-0.3, -0.25) is 4.90 Å². The van der Waals surface area contributed by atoms with Crippen molar-refractivity contribution < 1.29 is 0 Å². The Morgan fingerprint density at radius 3 is 2.93 bits per heavy atom. The topological polar surface area (TPSA) is 53.1 Å². The molecule has 28 heavy (non-hydrogen) atoms. The van der Waals surface area contributed by atoms with Crippen molar-refractivity contribution in [1.29, 1.82) is 0 Å². The number of nitrogens with one attached hydrogen (secondary N) is 2. The minimum atomic E-state index is 0.526. The van der Waals surface area contributed by atoms with Crippen LogP contribution in [0.5, 0.6) is 0 Å². The summed E-state index contributed by atoms with van der Waals surface area (Å²) >= 11 is 1.87. The zero-order valence-corrected chi connectivity index (χ0v) is 17.4. The molecule has 2 aromatic heterocycles. The highest BCUT2D eigenvalue weighted by Crippen LogP contribution is 2.39. The van der Waals surface area contributed by atoms with Crippen LogP contribution in [-0.2, 0) is 12.8 Å². The Kier molecular flexibility index (Phi) is 5.07. The molecule has 0 spiro atoms. The Morgan fingerprint density at radius 2 is 2.11 bits per heavy atom. The summed E-state index contributed by atoms with van der Waals surface area (Å²) in [6.45, 7) is 2.00. The molecule has 3 heterocycles. The van der Waals surface area contributed by atoms with E-state index in [1.165, 1.54) is 71.2 Å². The fraction of sp³-hybridized carbons (Fsp3) is 0.545. The van der Waals surface area contributed by atoms with Crippen LogP contribution >= 0.6 is 11.3 Å². The van der Waals surface area contributed by atoms with Crippen LogP contribution in [-0.4, -0.2) is 47.1 Å². The van der Waals surface area contributed by atoms with E-state index in [9.17, 15) is 0 Å². The number of aryl methyl sites for hydroxylation is 2. The smallest absolute Gasteiger partial charge is 0.138 e. The Labute approximate surface area is 170 Å². The molecular formula is C22H29N5S. The third-order valence-corrected chi connectivity index (χ3v) is 7.69. The van der Waals surface area contributed by atoms with Crippen molar-refractivity contribution in [3.8, 4) is 0 Å². The summed E-state index contributed by atoms with van der Waals surface area (Å²) in [5.74, 6) is 1.08. The van der Waals surface area contributed by atoms with Crippen LogP contribution in [0.3, 0.4) is 0 Å². The molecule has 5 nitrogen and oxygen atoms in total. The molecular weight excluding hydrogens is 366 g/mol. The highest BCUT2D eigenvalue weighted by molar-refractivity contribution is 7.19. The molecule has 3 aliphatic rings. The number of thiophene rings is 1. The van der Waals surface area contributed by atoms with Crippen molar-refractivity contribution in [3.63, 3.8) is 0 Å². The lowest BCUT2D eigenvalue weighted by molar-refractivity contribution is 0.200. The first-order valence-corrected chi connectivity index (χ1v) is 11.4. The first-order valence-electron chi connectivity index (χ1n) is 10.6. The maximum Gasteiger partial charge on any atom is 0.138 e. The lowest BCUT2D eigenvalue weighted by Gasteiger charge is -2.35. The van der Waals surface area contributed by atoms with Gasteiger partial charge < -0.3 is 10.6 Å². The number of rotatable bonds is 5. The lowest BCUT2D eigenvalue weighted by Crippen LogP contribution is -2.39. The number of aromatic nitrogens is 2. The normalized spacial score (nSPS) is 24.3. The first kappa shape index (κ1) is 18.1. The summed E-state index contributed by atoms with van der Waals surface area (Å²) < 4.78 is 0. The predicted molar refractivity (Wildman–Crippen MR) is 117 cm³/mol. The summed E-state index contributed by atoms with van der Waals surface area (Å²) in [5, 5.41) is 8.33.